The van der Waals surface area contributed by atoms with E-state index in [1.54, 1.807) is 11.3 Å². The average Bonchev–Trinajstić information content (AvgIpc) is 2.94. The predicted molar refractivity (Wildman–Crippen MR) is 94.6 cm³/mol. The van der Waals surface area contributed by atoms with Gasteiger partial charge in [0.05, 0.1) is 11.4 Å². The summed E-state index contributed by atoms with van der Waals surface area (Å²) in [7, 11) is 0. The van der Waals surface area contributed by atoms with E-state index in [2.05, 4.69) is 73.2 Å². The van der Waals surface area contributed by atoms with Gasteiger partial charge in [-0.1, -0.05) is 36.4 Å². The van der Waals surface area contributed by atoms with Gasteiger partial charge in [-0.15, -0.1) is 11.3 Å². The number of thiazole rings is 1. The van der Waals surface area contributed by atoms with Gasteiger partial charge in [0.1, 0.15) is 0 Å². The van der Waals surface area contributed by atoms with Crippen LogP contribution in [0.15, 0.2) is 58.9 Å². The van der Waals surface area contributed by atoms with E-state index in [0.717, 1.165) is 17.0 Å². The number of hydrogen-bond acceptors (Lipinski definition) is 2. The molecule has 3 heteroatoms. The zero-order chi connectivity index (χ0) is 15.5. The van der Waals surface area contributed by atoms with Crippen LogP contribution in [0.3, 0.4) is 0 Å². The van der Waals surface area contributed by atoms with Crippen molar-refractivity contribution < 1.29 is 0 Å². The van der Waals surface area contributed by atoms with Gasteiger partial charge in [-0.2, -0.15) is 0 Å². The Kier molecular flexibility index (Phi) is 4.25. The summed E-state index contributed by atoms with van der Waals surface area (Å²) in [4.78, 5) is 5.89. The minimum Gasteiger partial charge on any atom is -0.317 e. The smallest absolute Gasteiger partial charge is 0.190 e. The van der Waals surface area contributed by atoms with Crippen molar-refractivity contribution in [1.29, 1.82) is 0 Å². The summed E-state index contributed by atoms with van der Waals surface area (Å²) in [5.74, 6) is 0. The number of aromatic nitrogens is 1. The Morgan fingerprint density at radius 2 is 1.77 bits per heavy atom. The molecule has 0 radical (unpaired) electrons. The molecule has 2 aromatic carbocycles. The minimum absolute atomic E-state index is 0.914. The second-order valence-electron chi connectivity index (χ2n) is 5.39. The molecule has 0 atom stereocenters. The van der Waals surface area contributed by atoms with E-state index in [-0.39, 0.29) is 0 Å². The molecule has 3 aromatic rings. The zero-order valence-electron chi connectivity index (χ0n) is 13.2. The molecule has 0 amide bonds. The Morgan fingerprint density at radius 1 is 1.00 bits per heavy atom. The van der Waals surface area contributed by atoms with Crippen molar-refractivity contribution >= 4 is 17.0 Å². The van der Waals surface area contributed by atoms with E-state index in [1.807, 2.05) is 6.07 Å². The summed E-state index contributed by atoms with van der Waals surface area (Å²) in [5, 5.41) is 2.19. The van der Waals surface area contributed by atoms with Crippen LogP contribution in [0.4, 0.5) is 5.69 Å². The lowest BCUT2D eigenvalue weighted by Crippen LogP contribution is -2.14. The molecule has 0 aliphatic carbocycles. The SMILES string of the molecule is CCn1c(-c2ccccc2)csc1=Nc1ccc(C)c(C)c1. The van der Waals surface area contributed by atoms with Crippen LogP contribution in [0.2, 0.25) is 0 Å². The highest BCUT2D eigenvalue weighted by Gasteiger charge is 2.06. The fraction of sp³-hybridized carbons (Fsp3) is 0.211. The molecule has 0 N–H and O–H groups in total. The van der Waals surface area contributed by atoms with Crippen LogP contribution in [0.5, 0.6) is 0 Å². The first kappa shape index (κ1) is 14.8. The summed E-state index contributed by atoms with van der Waals surface area (Å²) in [6.45, 7) is 7.34. The molecule has 0 saturated carbocycles. The van der Waals surface area contributed by atoms with Gasteiger partial charge in [-0.3, -0.25) is 0 Å². The highest BCUT2D eigenvalue weighted by Crippen LogP contribution is 2.21. The van der Waals surface area contributed by atoms with Crippen molar-refractivity contribution in [2.75, 3.05) is 0 Å². The van der Waals surface area contributed by atoms with Gasteiger partial charge >= 0.3 is 0 Å². The highest BCUT2D eigenvalue weighted by molar-refractivity contribution is 7.07. The number of aryl methyl sites for hydroxylation is 2. The van der Waals surface area contributed by atoms with Gasteiger partial charge in [0.2, 0.25) is 0 Å². The fourth-order valence-corrected chi connectivity index (χ4v) is 3.46. The molecule has 0 saturated heterocycles. The second-order valence-corrected chi connectivity index (χ2v) is 6.23. The second kappa shape index (κ2) is 6.32. The fourth-order valence-electron chi connectivity index (χ4n) is 2.47. The topological polar surface area (TPSA) is 17.3 Å². The van der Waals surface area contributed by atoms with Crippen LogP contribution in [-0.2, 0) is 6.54 Å². The monoisotopic (exact) mass is 308 g/mol. The lowest BCUT2D eigenvalue weighted by Gasteiger charge is -2.06. The summed E-state index contributed by atoms with van der Waals surface area (Å²) in [6, 6.07) is 16.9. The first-order valence-electron chi connectivity index (χ1n) is 7.54. The van der Waals surface area contributed by atoms with Crippen molar-refractivity contribution in [3.63, 3.8) is 0 Å². The van der Waals surface area contributed by atoms with Crippen LogP contribution >= 0.6 is 11.3 Å². The van der Waals surface area contributed by atoms with Crippen LogP contribution in [0.1, 0.15) is 18.1 Å². The summed E-state index contributed by atoms with van der Waals surface area (Å²) in [5.41, 5.74) is 6.08. The third-order valence-electron chi connectivity index (χ3n) is 3.90. The van der Waals surface area contributed by atoms with E-state index in [4.69, 9.17) is 4.99 Å². The van der Waals surface area contributed by atoms with E-state index in [0.29, 0.717) is 0 Å². The molecule has 1 aromatic heterocycles. The third-order valence-corrected chi connectivity index (χ3v) is 4.76. The predicted octanol–water partition coefficient (Wildman–Crippen LogP) is 5.09. The third kappa shape index (κ3) is 2.90. The Labute approximate surface area is 135 Å². The lowest BCUT2D eigenvalue weighted by atomic mass is 10.1. The number of benzene rings is 2. The molecule has 0 fully saturated rings. The molecule has 3 rings (SSSR count). The van der Waals surface area contributed by atoms with Gasteiger partial charge in [0.15, 0.2) is 4.80 Å². The Bertz CT molecular complexity index is 841. The molecule has 112 valence electrons. The van der Waals surface area contributed by atoms with E-state index in [1.165, 1.54) is 22.4 Å². The molecule has 2 nitrogen and oxygen atoms in total. The molecule has 0 aliphatic rings. The van der Waals surface area contributed by atoms with Crippen molar-refractivity contribution in [3.05, 3.63) is 69.8 Å². The van der Waals surface area contributed by atoms with Crippen molar-refractivity contribution in [2.24, 2.45) is 4.99 Å². The molecule has 0 unspecified atom stereocenters. The Balaban J connectivity index is 2.10. The first-order chi connectivity index (χ1) is 10.7. The van der Waals surface area contributed by atoms with Gasteiger partial charge in [-0.25, -0.2) is 4.99 Å². The molecular weight excluding hydrogens is 288 g/mol. The lowest BCUT2D eigenvalue weighted by molar-refractivity contribution is 0.745. The van der Waals surface area contributed by atoms with Gasteiger partial charge in [0, 0.05) is 11.9 Å². The van der Waals surface area contributed by atoms with Gasteiger partial charge in [0.25, 0.3) is 0 Å². The number of nitrogens with zero attached hydrogens (tertiary/aromatic N) is 2. The van der Waals surface area contributed by atoms with Crippen LogP contribution in [0, 0.1) is 13.8 Å². The highest BCUT2D eigenvalue weighted by atomic mass is 32.1. The van der Waals surface area contributed by atoms with E-state index >= 15 is 0 Å². The average molecular weight is 308 g/mol. The van der Waals surface area contributed by atoms with Crippen molar-refractivity contribution in [2.45, 2.75) is 27.3 Å². The van der Waals surface area contributed by atoms with Gasteiger partial charge < -0.3 is 4.57 Å². The normalized spacial score (nSPS) is 11.9. The minimum atomic E-state index is 0.914. The van der Waals surface area contributed by atoms with E-state index in [9.17, 15) is 0 Å². The quantitative estimate of drug-likeness (QED) is 0.641. The molecule has 0 spiro atoms. The maximum atomic E-state index is 4.84. The van der Waals surface area contributed by atoms with Crippen LogP contribution in [-0.4, -0.2) is 4.57 Å². The summed E-state index contributed by atoms with van der Waals surface area (Å²) < 4.78 is 2.27. The van der Waals surface area contributed by atoms with Crippen LogP contribution in [0.25, 0.3) is 11.3 Å². The molecule has 1 heterocycles. The zero-order valence-corrected chi connectivity index (χ0v) is 14.0. The van der Waals surface area contributed by atoms with Crippen molar-refractivity contribution in [3.8, 4) is 11.3 Å². The van der Waals surface area contributed by atoms with Crippen molar-refractivity contribution in [1.82, 2.24) is 4.57 Å². The molecule has 0 bridgehead atoms. The Morgan fingerprint density at radius 3 is 2.45 bits per heavy atom. The molecular formula is C19H20N2S. The summed E-state index contributed by atoms with van der Waals surface area (Å²) in [6.07, 6.45) is 0. The number of hydrogen-bond donors (Lipinski definition) is 0. The van der Waals surface area contributed by atoms with E-state index < -0.39 is 0 Å². The Hall–Kier alpha value is -2.13. The molecule has 22 heavy (non-hydrogen) atoms. The molecule has 0 aliphatic heterocycles. The number of rotatable bonds is 3. The summed E-state index contributed by atoms with van der Waals surface area (Å²) >= 11 is 1.70. The standard InChI is InChI=1S/C19H20N2S/c1-4-21-18(16-8-6-5-7-9-16)13-22-19(21)20-17-11-10-14(2)15(3)12-17/h5-13H,4H2,1-3H3. The first-order valence-corrected chi connectivity index (χ1v) is 8.42. The maximum absolute atomic E-state index is 4.84. The van der Waals surface area contributed by atoms with Gasteiger partial charge in [-0.05, 0) is 49.6 Å². The van der Waals surface area contributed by atoms with Crippen LogP contribution < -0.4 is 4.80 Å². The largest absolute Gasteiger partial charge is 0.317 e. The maximum Gasteiger partial charge on any atom is 0.190 e.